The second kappa shape index (κ2) is 8.80. The highest BCUT2D eigenvalue weighted by Gasteiger charge is 2.71. The van der Waals surface area contributed by atoms with Crippen molar-refractivity contribution in [3.8, 4) is 0 Å². The van der Waals surface area contributed by atoms with E-state index in [0.29, 0.717) is 35.5 Å². The van der Waals surface area contributed by atoms with Crippen LogP contribution in [0.4, 0.5) is 0 Å². The number of carbonyl (C=O) groups excluding carboxylic acids is 1. The molecule has 5 aliphatic rings. The largest absolute Gasteiger partial charge is 0.481 e. The monoisotopic (exact) mass is 514 g/mol. The Morgan fingerprint density at radius 1 is 0.784 bits per heavy atom. The van der Waals surface area contributed by atoms with Crippen LogP contribution < -0.4 is 0 Å². The summed E-state index contributed by atoms with van der Waals surface area (Å²) in [6, 6.07) is 0. The first kappa shape index (κ1) is 27.7. The maximum absolute atomic E-state index is 13.9. The minimum atomic E-state index is -0.848. The molecule has 0 spiro atoms. The van der Waals surface area contributed by atoms with E-state index in [1.54, 1.807) is 0 Å². The van der Waals surface area contributed by atoms with Gasteiger partial charge in [0.1, 0.15) is 5.78 Å². The lowest BCUT2D eigenvalue weighted by Gasteiger charge is -2.73. The molecule has 210 valence electrons. The Morgan fingerprint density at radius 2 is 1.49 bits per heavy atom. The van der Waals surface area contributed by atoms with E-state index in [4.69, 9.17) is 0 Å². The molecule has 37 heavy (non-hydrogen) atoms. The van der Waals surface area contributed by atoms with Crippen molar-refractivity contribution in [3.05, 3.63) is 0 Å². The van der Waals surface area contributed by atoms with Crippen LogP contribution in [0, 0.1) is 62.6 Å². The van der Waals surface area contributed by atoms with Gasteiger partial charge in [0, 0.05) is 11.8 Å². The van der Waals surface area contributed by atoms with Gasteiger partial charge in [-0.15, -0.1) is 0 Å². The molecule has 0 bridgehead atoms. The van der Waals surface area contributed by atoms with Gasteiger partial charge in [-0.05, 0) is 121 Å². The Morgan fingerprint density at radius 3 is 2.14 bits per heavy atom. The van der Waals surface area contributed by atoms with E-state index in [1.807, 2.05) is 0 Å². The van der Waals surface area contributed by atoms with Crippen LogP contribution in [0.15, 0.2) is 0 Å². The van der Waals surface area contributed by atoms with E-state index in [9.17, 15) is 19.8 Å². The molecule has 0 saturated heterocycles. The highest BCUT2D eigenvalue weighted by Crippen LogP contribution is 2.77. The predicted octanol–water partition coefficient (Wildman–Crippen LogP) is 7.52. The fraction of sp³-hybridized carbons (Fsp3) is 0.939. The third kappa shape index (κ3) is 3.62. The van der Waals surface area contributed by atoms with Gasteiger partial charge in [0.2, 0.25) is 0 Å². The molecule has 5 saturated carbocycles. The van der Waals surface area contributed by atoms with Crippen LogP contribution in [0.2, 0.25) is 0 Å². The van der Waals surface area contributed by atoms with E-state index >= 15 is 0 Å². The standard InChI is InChI=1S/C33H54O4/c1-20(2)21-12-17-33(26(35)10-11-27(36)37)19-18-31(6)22(28(21)33)8-9-24-30(5)15-14-25(34)29(3,4)23(30)13-16-32(24,31)7/h20-25,28,34H,8-19H2,1-7H3,(H,36,37)/t21-,22?,23?,24?,25+,28?,30-,31+,32+,33+/m0/s1. The van der Waals surface area contributed by atoms with Gasteiger partial charge in [0.05, 0.1) is 12.5 Å². The van der Waals surface area contributed by atoms with E-state index in [1.165, 1.54) is 25.7 Å². The Kier molecular flexibility index (Phi) is 6.58. The lowest BCUT2D eigenvalue weighted by atomic mass is 9.32. The van der Waals surface area contributed by atoms with Crippen LogP contribution in [-0.4, -0.2) is 28.1 Å². The van der Waals surface area contributed by atoms with Crippen LogP contribution in [0.3, 0.4) is 0 Å². The van der Waals surface area contributed by atoms with Crippen molar-refractivity contribution < 1.29 is 19.8 Å². The number of aliphatic carboxylic acids is 1. The number of hydrogen-bond donors (Lipinski definition) is 2. The van der Waals surface area contributed by atoms with E-state index < -0.39 is 5.97 Å². The summed E-state index contributed by atoms with van der Waals surface area (Å²) >= 11 is 0. The number of aliphatic hydroxyl groups excluding tert-OH is 1. The molecule has 0 aromatic rings. The minimum Gasteiger partial charge on any atom is -0.481 e. The number of rotatable bonds is 5. The van der Waals surface area contributed by atoms with Gasteiger partial charge in [0.15, 0.2) is 0 Å². The zero-order valence-corrected chi connectivity index (χ0v) is 24.7. The Labute approximate surface area is 225 Å². The van der Waals surface area contributed by atoms with Gasteiger partial charge in [-0.25, -0.2) is 0 Å². The average Bonchev–Trinajstić information content (AvgIpc) is 3.22. The van der Waals surface area contributed by atoms with Crippen LogP contribution >= 0.6 is 0 Å². The SMILES string of the molecule is CC(C)[C@@H]1CC[C@]2(C(=O)CCC(=O)O)CC[C@]3(C)C(CCC4[C@@]5(C)CC[C@@H](O)C(C)(C)C5CC[C@]43C)C12. The smallest absolute Gasteiger partial charge is 0.303 e. The lowest BCUT2D eigenvalue weighted by Crippen LogP contribution is -2.67. The van der Waals surface area contributed by atoms with Gasteiger partial charge >= 0.3 is 5.97 Å². The van der Waals surface area contributed by atoms with Crippen LogP contribution in [0.25, 0.3) is 0 Å². The Bertz CT molecular complexity index is 939. The highest BCUT2D eigenvalue weighted by atomic mass is 16.4. The molecule has 5 aliphatic carbocycles. The summed E-state index contributed by atoms with van der Waals surface area (Å²) in [6.45, 7) is 17.1. The number of carboxylic acid groups (broad SMARTS) is 1. The summed E-state index contributed by atoms with van der Waals surface area (Å²) in [6.07, 6.45) is 11.1. The number of Topliss-reactive ketones (excluding diaryl/α,β-unsaturated/α-hetero) is 1. The molecule has 4 nitrogen and oxygen atoms in total. The average molecular weight is 515 g/mol. The molecule has 0 heterocycles. The fourth-order valence-corrected chi connectivity index (χ4v) is 12.3. The number of ketones is 1. The predicted molar refractivity (Wildman–Crippen MR) is 147 cm³/mol. The van der Waals surface area contributed by atoms with E-state index in [0.717, 1.165) is 38.5 Å². The Balaban J connectivity index is 1.52. The van der Waals surface area contributed by atoms with Gasteiger partial charge in [-0.3, -0.25) is 9.59 Å². The quantitative estimate of drug-likeness (QED) is 0.398. The topological polar surface area (TPSA) is 74.6 Å². The van der Waals surface area contributed by atoms with E-state index in [-0.39, 0.29) is 51.8 Å². The van der Waals surface area contributed by atoms with Crippen molar-refractivity contribution in [2.45, 2.75) is 132 Å². The first-order valence-electron chi connectivity index (χ1n) is 15.6. The van der Waals surface area contributed by atoms with Crippen molar-refractivity contribution in [1.82, 2.24) is 0 Å². The highest BCUT2D eigenvalue weighted by molar-refractivity contribution is 5.88. The Hall–Kier alpha value is -0.900. The number of aliphatic hydroxyl groups is 1. The zero-order chi connectivity index (χ0) is 27.2. The van der Waals surface area contributed by atoms with Gasteiger partial charge in [-0.1, -0.05) is 48.5 Å². The van der Waals surface area contributed by atoms with E-state index in [2.05, 4.69) is 48.5 Å². The van der Waals surface area contributed by atoms with Gasteiger partial charge in [-0.2, -0.15) is 0 Å². The molecule has 2 N–H and O–H groups in total. The van der Waals surface area contributed by atoms with Crippen molar-refractivity contribution in [2.75, 3.05) is 0 Å². The van der Waals surface area contributed by atoms with Crippen LogP contribution in [0.5, 0.6) is 0 Å². The molecule has 0 amide bonds. The molecule has 4 unspecified atom stereocenters. The molecular formula is C33H54O4. The molecule has 0 aromatic heterocycles. The summed E-state index contributed by atoms with van der Waals surface area (Å²) in [5.41, 5.74) is 0.403. The zero-order valence-electron chi connectivity index (χ0n) is 24.7. The number of hydrogen-bond acceptors (Lipinski definition) is 3. The first-order chi connectivity index (χ1) is 17.1. The molecular weight excluding hydrogens is 460 g/mol. The van der Waals surface area contributed by atoms with Crippen molar-refractivity contribution >= 4 is 11.8 Å². The summed E-state index contributed by atoms with van der Waals surface area (Å²) in [5, 5.41) is 20.3. The third-order valence-electron chi connectivity index (χ3n) is 14.4. The molecule has 10 atom stereocenters. The number of carbonyl (C=O) groups is 2. The fourth-order valence-electron chi connectivity index (χ4n) is 12.3. The maximum Gasteiger partial charge on any atom is 0.303 e. The van der Waals surface area contributed by atoms with Gasteiger partial charge in [0.25, 0.3) is 0 Å². The maximum atomic E-state index is 13.9. The summed E-state index contributed by atoms with van der Waals surface area (Å²) < 4.78 is 0. The molecule has 5 fully saturated rings. The number of carboxylic acids is 1. The first-order valence-corrected chi connectivity index (χ1v) is 15.6. The van der Waals surface area contributed by atoms with Crippen LogP contribution in [-0.2, 0) is 9.59 Å². The third-order valence-corrected chi connectivity index (χ3v) is 14.4. The van der Waals surface area contributed by atoms with Gasteiger partial charge < -0.3 is 10.2 Å². The minimum absolute atomic E-state index is 0.0250. The van der Waals surface area contributed by atoms with Crippen molar-refractivity contribution in [3.63, 3.8) is 0 Å². The normalized spacial score (nSPS) is 50.5. The molecule has 4 heteroatoms. The lowest BCUT2D eigenvalue weighted by molar-refractivity contribution is -0.247. The molecule has 0 aromatic carbocycles. The molecule has 0 radical (unpaired) electrons. The molecule has 5 rings (SSSR count). The van der Waals surface area contributed by atoms with Crippen molar-refractivity contribution in [1.29, 1.82) is 0 Å². The van der Waals surface area contributed by atoms with Crippen LogP contribution in [0.1, 0.15) is 126 Å². The summed E-state index contributed by atoms with van der Waals surface area (Å²) in [7, 11) is 0. The second-order valence-electron chi connectivity index (χ2n) is 16.0. The summed E-state index contributed by atoms with van der Waals surface area (Å²) in [4.78, 5) is 25.2. The van der Waals surface area contributed by atoms with Crippen molar-refractivity contribution in [2.24, 2.45) is 62.6 Å². The molecule has 0 aliphatic heterocycles. The second-order valence-corrected chi connectivity index (χ2v) is 16.0. The summed E-state index contributed by atoms with van der Waals surface area (Å²) in [5.74, 6) is 2.72. The number of fused-ring (bicyclic) bond motifs is 7.